The average Bonchev–Trinajstić information content (AvgIpc) is 2.83. The van der Waals surface area contributed by atoms with E-state index in [-0.39, 0.29) is 28.7 Å². The molecule has 9 nitrogen and oxygen atoms in total. The molecule has 0 unspecified atom stereocenters. The second-order valence-corrected chi connectivity index (χ2v) is 3.44. The molecule has 0 aromatic carbocycles. The minimum absolute atomic E-state index is 0.0915. The van der Waals surface area contributed by atoms with Crippen molar-refractivity contribution in [2.45, 2.75) is 6.92 Å². The van der Waals surface area contributed by atoms with Crippen molar-refractivity contribution in [3.63, 3.8) is 0 Å². The van der Waals surface area contributed by atoms with Gasteiger partial charge in [0.25, 0.3) is 11.3 Å². The molecule has 0 aliphatic heterocycles. The monoisotopic (exact) mass is 233 g/mol. The molecule has 0 spiro atoms. The molecule has 0 bridgehead atoms. The molecule has 0 radical (unpaired) electrons. The molecule has 0 saturated carbocycles. The SMILES string of the molecule is Cc1cc(=O)n2[nH]c(-c3nonc3N)nc2n1. The van der Waals surface area contributed by atoms with Crippen LogP contribution in [0.15, 0.2) is 15.5 Å². The maximum atomic E-state index is 11.6. The number of nitrogens with one attached hydrogen (secondary N) is 1. The molecular formula is C8H7N7O2. The van der Waals surface area contributed by atoms with Crippen LogP contribution in [0.2, 0.25) is 0 Å². The van der Waals surface area contributed by atoms with Gasteiger partial charge < -0.3 is 5.73 Å². The summed E-state index contributed by atoms with van der Waals surface area (Å²) in [5.74, 6) is 0.611. The first-order chi connectivity index (χ1) is 8.15. The van der Waals surface area contributed by atoms with Crippen LogP contribution in [-0.4, -0.2) is 29.9 Å². The van der Waals surface area contributed by atoms with E-state index >= 15 is 0 Å². The van der Waals surface area contributed by atoms with Crippen molar-refractivity contribution < 1.29 is 4.63 Å². The fourth-order valence-corrected chi connectivity index (χ4v) is 1.46. The minimum atomic E-state index is -0.263. The van der Waals surface area contributed by atoms with Gasteiger partial charge in [0.2, 0.25) is 0 Å². The minimum Gasteiger partial charge on any atom is -0.379 e. The Bertz CT molecular complexity index is 753. The van der Waals surface area contributed by atoms with Crippen LogP contribution < -0.4 is 11.3 Å². The van der Waals surface area contributed by atoms with Gasteiger partial charge in [-0.15, -0.1) is 0 Å². The van der Waals surface area contributed by atoms with E-state index in [2.05, 4.69) is 30.0 Å². The summed E-state index contributed by atoms with van der Waals surface area (Å²) in [6.45, 7) is 1.71. The first kappa shape index (κ1) is 9.51. The van der Waals surface area contributed by atoms with Crippen LogP contribution in [0.4, 0.5) is 5.82 Å². The normalized spacial score (nSPS) is 11.1. The predicted octanol–water partition coefficient (Wildman–Crippen LogP) is -0.642. The van der Waals surface area contributed by atoms with E-state index in [9.17, 15) is 4.79 Å². The molecule has 3 heterocycles. The Labute approximate surface area is 93.2 Å². The third kappa shape index (κ3) is 1.36. The highest BCUT2D eigenvalue weighted by molar-refractivity contribution is 5.63. The molecular weight excluding hydrogens is 226 g/mol. The Morgan fingerprint density at radius 3 is 2.94 bits per heavy atom. The maximum Gasteiger partial charge on any atom is 0.274 e. The van der Waals surface area contributed by atoms with Gasteiger partial charge in [0.1, 0.15) is 0 Å². The van der Waals surface area contributed by atoms with E-state index in [1.54, 1.807) is 6.92 Å². The Balaban J connectivity index is 2.31. The number of aromatic nitrogens is 6. The number of aryl methyl sites for hydroxylation is 1. The third-order valence-corrected chi connectivity index (χ3v) is 2.20. The standard InChI is InChI=1S/C8H7N7O2/c1-3-2-4(16)15-8(10-3)11-7(12-15)5-6(9)14-17-13-5/h2H,1H3,(H2,9,14)(H,10,11,12). The lowest BCUT2D eigenvalue weighted by atomic mass is 10.4. The average molecular weight is 233 g/mol. The number of rotatable bonds is 1. The number of hydrogen-bond donors (Lipinski definition) is 2. The van der Waals surface area contributed by atoms with Gasteiger partial charge in [-0.25, -0.2) is 9.61 Å². The van der Waals surface area contributed by atoms with Gasteiger partial charge in [0.15, 0.2) is 17.3 Å². The van der Waals surface area contributed by atoms with Gasteiger partial charge in [0.05, 0.1) is 0 Å². The molecule has 17 heavy (non-hydrogen) atoms. The van der Waals surface area contributed by atoms with Gasteiger partial charge in [-0.2, -0.15) is 9.50 Å². The fraction of sp³-hybridized carbons (Fsp3) is 0.125. The molecule has 0 atom stereocenters. The Morgan fingerprint density at radius 1 is 1.41 bits per heavy atom. The van der Waals surface area contributed by atoms with Crippen molar-refractivity contribution in [1.82, 2.24) is 29.9 Å². The van der Waals surface area contributed by atoms with Crippen LogP contribution in [0.25, 0.3) is 17.3 Å². The van der Waals surface area contributed by atoms with Gasteiger partial charge >= 0.3 is 0 Å². The Morgan fingerprint density at radius 2 is 2.24 bits per heavy atom. The summed E-state index contributed by atoms with van der Waals surface area (Å²) in [5.41, 5.74) is 6.09. The van der Waals surface area contributed by atoms with E-state index < -0.39 is 0 Å². The summed E-state index contributed by atoms with van der Waals surface area (Å²) in [6, 6.07) is 1.39. The number of fused-ring (bicyclic) bond motifs is 1. The molecule has 0 aliphatic rings. The molecule has 9 heteroatoms. The zero-order chi connectivity index (χ0) is 12.0. The van der Waals surface area contributed by atoms with E-state index in [4.69, 9.17) is 5.73 Å². The summed E-state index contributed by atoms with van der Waals surface area (Å²) in [5, 5.41) is 9.73. The first-order valence-corrected chi connectivity index (χ1v) is 4.70. The fourth-order valence-electron chi connectivity index (χ4n) is 1.46. The molecule has 3 N–H and O–H groups in total. The Hall–Kier alpha value is -2.71. The van der Waals surface area contributed by atoms with Crippen LogP contribution in [-0.2, 0) is 0 Å². The summed E-state index contributed by atoms with van der Waals surface area (Å²) < 4.78 is 5.65. The molecule has 0 saturated heterocycles. The zero-order valence-electron chi connectivity index (χ0n) is 8.71. The number of aromatic amines is 1. The number of nitrogen functional groups attached to an aromatic ring is 1. The highest BCUT2D eigenvalue weighted by atomic mass is 16.6. The molecule has 3 rings (SSSR count). The lowest BCUT2D eigenvalue weighted by Gasteiger charge is -1.90. The van der Waals surface area contributed by atoms with Gasteiger partial charge in [0, 0.05) is 11.8 Å². The summed E-state index contributed by atoms with van der Waals surface area (Å²) in [4.78, 5) is 19.8. The zero-order valence-corrected chi connectivity index (χ0v) is 8.71. The number of anilines is 1. The van der Waals surface area contributed by atoms with Crippen LogP contribution >= 0.6 is 0 Å². The molecule has 3 aromatic rings. The number of nitrogens with two attached hydrogens (primary N) is 1. The van der Waals surface area contributed by atoms with Crippen molar-refractivity contribution >= 4 is 11.6 Å². The van der Waals surface area contributed by atoms with E-state index in [1.807, 2.05) is 0 Å². The van der Waals surface area contributed by atoms with Crippen molar-refractivity contribution in [3.05, 3.63) is 22.1 Å². The molecule has 86 valence electrons. The lowest BCUT2D eigenvalue weighted by molar-refractivity contribution is 0.310. The summed E-state index contributed by atoms with van der Waals surface area (Å²) in [7, 11) is 0. The largest absolute Gasteiger partial charge is 0.379 e. The van der Waals surface area contributed by atoms with Gasteiger partial charge in [-0.3, -0.25) is 9.89 Å². The van der Waals surface area contributed by atoms with Crippen LogP contribution in [0, 0.1) is 6.92 Å². The van der Waals surface area contributed by atoms with Crippen LogP contribution in [0.1, 0.15) is 5.69 Å². The maximum absolute atomic E-state index is 11.6. The highest BCUT2D eigenvalue weighted by Gasteiger charge is 2.15. The Kier molecular flexibility index (Phi) is 1.76. The molecule has 0 aliphatic carbocycles. The van der Waals surface area contributed by atoms with Crippen LogP contribution in [0.5, 0.6) is 0 Å². The smallest absolute Gasteiger partial charge is 0.274 e. The van der Waals surface area contributed by atoms with Crippen LogP contribution in [0.3, 0.4) is 0 Å². The second kappa shape index (κ2) is 3.14. The van der Waals surface area contributed by atoms with Gasteiger partial charge in [-0.1, -0.05) is 0 Å². The molecule has 0 fully saturated rings. The quantitative estimate of drug-likeness (QED) is 0.571. The van der Waals surface area contributed by atoms with Gasteiger partial charge in [-0.05, 0) is 17.2 Å². The predicted molar refractivity (Wildman–Crippen MR) is 56.0 cm³/mol. The number of hydrogen-bond acceptors (Lipinski definition) is 7. The summed E-state index contributed by atoms with van der Waals surface area (Å²) in [6.07, 6.45) is 0. The molecule has 3 aromatic heterocycles. The second-order valence-electron chi connectivity index (χ2n) is 3.44. The summed E-state index contributed by atoms with van der Waals surface area (Å²) >= 11 is 0. The van der Waals surface area contributed by atoms with Crippen molar-refractivity contribution in [1.29, 1.82) is 0 Å². The van der Waals surface area contributed by atoms with E-state index in [0.717, 1.165) is 0 Å². The molecule has 0 amide bonds. The van der Waals surface area contributed by atoms with E-state index in [0.29, 0.717) is 5.69 Å². The first-order valence-electron chi connectivity index (χ1n) is 4.70. The lowest BCUT2D eigenvalue weighted by Crippen LogP contribution is -2.14. The van der Waals surface area contributed by atoms with Crippen molar-refractivity contribution in [2.24, 2.45) is 0 Å². The number of H-pyrrole nitrogens is 1. The van der Waals surface area contributed by atoms with Crippen molar-refractivity contribution in [2.75, 3.05) is 5.73 Å². The van der Waals surface area contributed by atoms with Crippen molar-refractivity contribution in [3.8, 4) is 11.5 Å². The number of nitrogens with zero attached hydrogens (tertiary/aromatic N) is 5. The topological polar surface area (TPSA) is 128 Å². The van der Waals surface area contributed by atoms with E-state index in [1.165, 1.54) is 10.6 Å². The third-order valence-electron chi connectivity index (χ3n) is 2.20. The highest BCUT2D eigenvalue weighted by Crippen LogP contribution is 2.17.